The minimum absolute atomic E-state index is 0.219. The van der Waals surface area contributed by atoms with Crippen molar-refractivity contribution >= 4 is 11.2 Å². The topological polar surface area (TPSA) is 90.5 Å². The Morgan fingerprint density at radius 3 is 2.60 bits per heavy atom. The average molecular weight is 344 g/mol. The molecule has 0 aliphatic carbocycles. The molecule has 134 valence electrons. The molecule has 3 heterocycles. The van der Waals surface area contributed by atoms with Crippen molar-refractivity contribution < 1.29 is 0 Å². The molecular formula is C17H24N6O2. The van der Waals surface area contributed by atoms with Crippen LogP contribution in [0.3, 0.4) is 0 Å². The van der Waals surface area contributed by atoms with Gasteiger partial charge in [0.25, 0.3) is 5.56 Å². The van der Waals surface area contributed by atoms with Crippen molar-refractivity contribution in [3.63, 3.8) is 0 Å². The van der Waals surface area contributed by atoms with Crippen molar-refractivity contribution in [2.45, 2.75) is 46.1 Å². The summed E-state index contributed by atoms with van der Waals surface area (Å²) in [5, 5.41) is 4.52. The zero-order valence-corrected chi connectivity index (χ0v) is 15.3. The molecule has 0 unspecified atom stereocenters. The highest BCUT2D eigenvalue weighted by atomic mass is 16.2. The van der Waals surface area contributed by atoms with Crippen LogP contribution in [0.4, 0.5) is 0 Å². The molecule has 25 heavy (non-hydrogen) atoms. The number of nitrogens with one attached hydrogen (secondary N) is 1. The fourth-order valence-corrected chi connectivity index (χ4v) is 3.12. The molecule has 3 aromatic rings. The molecular weight excluding hydrogens is 320 g/mol. The summed E-state index contributed by atoms with van der Waals surface area (Å²) in [6.45, 7) is 6.72. The summed E-state index contributed by atoms with van der Waals surface area (Å²) in [6.07, 6.45) is 3.70. The third kappa shape index (κ3) is 2.81. The quantitative estimate of drug-likeness (QED) is 0.763. The van der Waals surface area contributed by atoms with Gasteiger partial charge in [0.1, 0.15) is 5.82 Å². The van der Waals surface area contributed by atoms with Crippen LogP contribution >= 0.6 is 0 Å². The maximum Gasteiger partial charge on any atom is 0.330 e. The fraction of sp³-hybridized carbons (Fsp3) is 0.529. The lowest BCUT2D eigenvalue weighted by Crippen LogP contribution is -2.31. The molecule has 0 saturated heterocycles. The van der Waals surface area contributed by atoms with Crippen molar-refractivity contribution in [3.05, 3.63) is 32.7 Å². The lowest BCUT2D eigenvalue weighted by atomic mass is 10.1. The Morgan fingerprint density at radius 1 is 1.24 bits per heavy atom. The number of hydrogen-bond donors (Lipinski definition) is 1. The Labute approximate surface area is 145 Å². The number of fused-ring (bicyclic) bond motifs is 1. The summed E-state index contributed by atoms with van der Waals surface area (Å²) < 4.78 is 5.05. The van der Waals surface area contributed by atoms with E-state index in [4.69, 9.17) is 0 Å². The van der Waals surface area contributed by atoms with Gasteiger partial charge in [0.15, 0.2) is 11.2 Å². The van der Waals surface area contributed by atoms with Crippen LogP contribution < -0.4 is 11.2 Å². The van der Waals surface area contributed by atoms with E-state index in [2.05, 4.69) is 35.8 Å². The van der Waals surface area contributed by atoms with Crippen molar-refractivity contribution in [3.8, 4) is 11.4 Å². The number of nitrogens with zero attached hydrogens (tertiary/aromatic N) is 5. The molecule has 0 fully saturated rings. The van der Waals surface area contributed by atoms with E-state index in [-0.39, 0.29) is 5.92 Å². The van der Waals surface area contributed by atoms with Gasteiger partial charge in [-0.3, -0.25) is 19.0 Å². The smallest absolute Gasteiger partial charge is 0.321 e. The van der Waals surface area contributed by atoms with E-state index in [9.17, 15) is 9.59 Å². The van der Waals surface area contributed by atoms with Gasteiger partial charge in [-0.1, -0.05) is 27.2 Å². The third-order valence-corrected chi connectivity index (χ3v) is 4.39. The van der Waals surface area contributed by atoms with Gasteiger partial charge in [0.2, 0.25) is 0 Å². The minimum atomic E-state index is -0.413. The van der Waals surface area contributed by atoms with Crippen molar-refractivity contribution in [1.82, 2.24) is 28.9 Å². The van der Waals surface area contributed by atoms with Gasteiger partial charge in [-0.2, -0.15) is 5.10 Å². The van der Waals surface area contributed by atoms with Crippen molar-refractivity contribution in [2.75, 3.05) is 0 Å². The van der Waals surface area contributed by atoms with E-state index in [1.165, 1.54) is 0 Å². The first-order valence-corrected chi connectivity index (χ1v) is 8.58. The van der Waals surface area contributed by atoms with Crippen LogP contribution in [0.2, 0.25) is 0 Å². The Morgan fingerprint density at radius 2 is 1.96 bits per heavy atom. The molecule has 3 aromatic heterocycles. The molecule has 8 heteroatoms. The van der Waals surface area contributed by atoms with Gasteiger partial charge in [-0.15, -0.1) is 0 Å². The zero-order valence-electron chi connectivity index (χ0n) is 15.3. The summed E-state index contributed by atoms with van der Waals surface area (Å²) in [5.74, 6) is 0.865. The summed E-state index contributed by atoms with van der Waals surface area (Å²) in [7, 11) is 3.66. The largest absolute Gasteiger partial charge is 0.330 e. The third-order valence-electron chi connectivity index (χ3n) is 4.39. The highest BCUT2D eigenvalue weighted by Crippen LogP contribution is 2.28. The molecule has 0 aromatic carbocycles. The molecule has 1 N–H and O–H groups in total. The Hall–Kier alpha value is -2.64. The van der Waals surface area contributed by atoms with E-state index in [1.54, 1.807) is 20.9 Å². The van der Waals surface area contributed by atoms with Crippen LogP contribution in [0.25, 0.3) is 22.6 Å². The molecule has 8 nitrogen and oxygen atoms in total. The van der Waals surface area contributed by atoms with Crippen LogP contribution in [-0.4, -0.2) is 28.9 Å². The number of unbranched alkanes of at least 4 members (excludes halogenated alkanes) is 1. The second kappa shape index (κ2) is 6.34. The lowest BCUT2D eigenvalue weighted by Gasteiger charge is -2.05. The fourth-order valence-electron chi connectivity index (χ4n) is 3.12. The first-order chi connectivity index (χ1) is 11.8. The first-order valence-electron chi connectivity index (χ1n) is 8.58. The van der Waals surface area contributed by atoms with Gasteiger partial charge in [0, 0.05) is 26.8 Å². The molecule has 0 bridgehead atoms. The van der Waals surface area contributed by atoms with Gasteiger partial charge in [0.05, 0.1) is 11.3 Å². The molecule has 0 radical (unpaired) electrons. The monoisotopic (exact) mass is 344 g/mol. The number of aryl methyl sites for hydroxylation is 3. The average Bonchev–Trinajstić information content (AvgIpc) is 3.08. The predicted octanol–water partition coefficient (Wildman–Crippen LogP) is 1.75. The van der Waals surface area contributed by atoms with Crippen LogP contribution in [0.5, 0.6) is 0 Å². The number of aromatic nitrogens is 6. The summed E-state index contributed by atoms with van der Waals surface area (Å²) in [5.41, 5.74) is 1.81. The Balaban J connectivity index is 2.32. The van der Waals surface area contributed by atoms with E-state index in [0.717, 1.165) is 24.1 Å². The first kappa shape index (κ1) is 17.2. The Kier molecular flexibility index (Phi) is 4.36. The number of imidazole rings is 1. The van der Waals surface area contributed by atoms with E-state index >= 15 is 0 Å². The second-order valence-corrected chi connectivity index (χ2v) is 6.69. The molecule has 0 atom stereocenters. The van der Waals surface area contributed by atoms with Gasteiger partial charge in [-0.05, 0) is 12.3 Å². The zero-order chi connectivity index (χ0) is 18.3. The maximum absolute atomic E-state index is 12.4. The normalized spacial score (nSPS) is 11.8. The van der Waals surface area contributed by atoms with E-state index in [0.29, 0.717) is 23.5 Å². The van der Waals surface area contributed by atoms with E-state index in [1.807, 2.05) is 13.2 Å². The number of aromatic amines is 1. The van der Waals surface area contributed by atoms with E-state index < -0.39 is 11.2 Å². The van der Waals surface area contributed by atoms with Crippen LogP contribution in [0, 0.1) is 0 Å². The number of rotatable bonds is 5. The van der Waals surface area contributed by atoms with Gasteiger partial charge >= 0.3 is 5.69 Å². The summed E-state index contributed by atoms with van der Waals surface area (Å²) in [4.78, 5) is 31.7. The second-order valence-electron chi connectivity index (χ2n) is 6.69. The minimum Gasteiger partial charge on any atom is -0.321 e. The molecule has 0 aliphatic rings. The van der Waals surface area contributed by atoms with Crippen LogP contribution in [0.1, 0.15) is 45.2 Å². The SMILES string of the molecule is CCCCn1c(=O)[nH]c(=O)c2c1nc(-c1cn(C)nc1C(C)C)n2C. The highest BCUT2D eigenvalue weighted by Gasteiger charge is 2.22. The predicted molar refractivity (Wildman–Crippen MR) is 96.8 cm³/mol. The number of H-pyrrole nitrogens is 1. The van der Waals surface area contributed by atoms with Gasteiger partial charge in [-0.25, -0.2) is 9.78 Å². The van der Waals surface area contributed by atoms with Crippen LogP contribution in [-0.2, 0) is 20.6 Å². The molecule has 0 aliphatic heterocycles. The van der Waals surface area contributed by atoms with Crippen molar-refractivity contribution in [1.29, 1.82) is 0 Å². The molecule has 3 rings (SSSR count). The van der Waals surface area contributed by atoms with Gasteiger partial charge < -0.3 is 4.57 Å². The number of hydrogen-bond acceptors (Lipinski definition) is 4. The van der Waals surface area contributed by atoms with Crippen molar-refractivity contribution in [2.24, 2.45) is 14.1 Å². The molecule has 0 spiro atoms. The Bertz CT molecular complexity index is 1030. The maximum atomic E-state index is 12.4. The summed E-state index contributed by atoms with van der Waals surface area (Å²) in [6, 6.07) is 0. The molecule has 0 amide bonds. The van der Waals surface area contributed by atoms with Crippen LogP contribution in [0.15, 0.2) is 15.8 Å². The summed E-state index contributed by atoms with van der Waals surface area (Å²) >= 11 is 0. The standard InChI is InChI=1S/C17H24N6O2/c1-6-7-8-23-15-13(16(24)19-17(23)25)22(5)14(18-15)11-9-21(4)20-12(11)10(2)3/h9-10H,6-8H2,1-5H3,(H,19,24,25). The highest BCUT2D eigenvalue weighted by molar-refractivity contribution is 5.77. The molecule has 0 saturated carbocycles. The lowest BCUT2D eigenvalue weighted by molar-refractivity contribution is 0.613.